The third kappa shape index (κ3) is 3.41. The zero-order chi connectivity index (χ0) is 17.3. The molecule has 1 fully saturated rings. The number of hydrogen-bond donors (Lipinski definition) is 2. The van der Waals surface area contributed by atoms with E-state index < -0.39 is 0 Å². The summed E-state index contributed by atoms with van der Waals surface area (Å²) in [5.41, 5.74) is 2.18. The van der Waals surface area contributed by atoms with Crippen molar-refractivity contribution in [3.63, 3.8) is 0 Å². The highest BCUT2D eigenvalue weighted by Crippen LogP contribution is 2.41. The van der Waals surface area contributed by atoms with E-state index in [2.05, 4.69) is 10.6 Å². The molecular weight excluding hydrogens is 350 g/mol. The fourth-order valence-corrected chi connectivity index (χ4v) is 3.64. The van der Waals surface area contributed by atoms with E-state index in [1.54, 1.807) is 30.3 Å². The molecule has 0 spiro atoms. The maximum absolute atomic E-state index is 14.5. The molecule has 1 heterocycles. The molecule has 0 radical (unpaired) electrons. The molecule has 2 unspecified atom stereocenters. The van der Waals surface area contributed by atoms with Gasteiger partial charge in [0.1, 0.15) is 5.82 Å². The lowest BCUT2D eigenvalue weighted by Crippen LogP contribution is -2.15. The van der Waals surface area contributed by atoms with Crippen LogP contribution >= 0.6 is 23.2 Å². The van der Waals surface area contributed by atoms with Crippen LogP contribution in [0.2, 0.25) is 10.0 Å². The van der Waals surface area contributed by atoms with E-state index in [9.17, 15) is 9.18 Å². The molecule has 2 aromatic rings. The molecule has 3 rings (SSSR count). The molecule has 1 saturated heterocycles. The van der Waals surface area contributed by atoms with E-state index in [4.69, 9.17) is 23.2 Å². The molecule has 1 aliphatic heterocycles. The highest BCUT2D eigenvalue weighted by molar-refractivity contribution is 6.31. The predicted octanol–water partition coefficient (Wildman–Crippen LogP) is 4.56. The molecule has 1 aliphatic rings. The molecular formula is C18H17Cl2FN2O. The Kier molecular flexibility index (Phi) is 5.09. The number of hydrogen-bond acceptors (Lipinski definition) is 2. The summed E-state index contributed by atoms with van der Waals surface area (Å²) < 4.78 is 14.5. The van der Waals surface area contributed by atoms with E-state index in [0.717, 1.165) is 5.56 Å². The van der Waals surface area contributed by atoms with Crippen LogP contribution in [0.4, 0.5) is 10.1 Å². The van der Waals surface area contributed by atoms with Crippen molar-refractivity contribution in [2.24, 2.45) is 0 Å². The molecule has 6 heteroatoms. The Bertz CT molecular complexity index is 782. The highest BCUT2D eigenvalue weighted by atomic mass is 35.5. The van der Waals surface area contributed by atoms with E-state index >= 15 is 0 Å². The van der Waals surface area contributed by atoms with Gasteiger partial charge in [0.2, 0.25) is 5.91 Å². The van der Waals surface area contributed by atoms with Crippen LogP contribution in [-0.4, -0.2) is 19.0 Å². The van der Waals surface area contributed by atoms with E-state index in [-0.39, 0.29) is 28.6 Å². The summed E-state index contributed by atoms with van der Waals surface area (Å²) in [6, 6.07) is 10.5. The van der Waals surface area contributed by atoms with Gasteiger partial charge in [-0.15, -0.1) is 0 Å². The summed E-state index contributed by atoms with van der Waals surface area (Å²) >= 11 is 12.0. The summed E-state index contributed by atoms with van der Waals surface area (Å²) in [7, 11) is 0. The Labute approximate surface area is 150 Å². The van der Waals surface area contributed by atoms with Crippen LogP contribution in [0.25, 0.3) is 0 Å². The van der Waals surface area contributed by atoms with Crippen LogP contribution in [0.3, 0.4) is 0 Å². The van der Waals surface area contributed by atoms with E-state index in [0.29, 0.717) is 29.4 Å². The van der Waals surface area contributed by atoms with Crippen molar-refractivity contribution in [3.05, 3.63) is 63.4 Å². The maximum atomic E-state index is 14.5. The van der Waals surface area contributed by atoms with Crippen molar-refractivity contribution in [2.75, 3.05) is 18.4 Å². The molecule has 2 N–H and O–H groups in total. The normalized spacial score (nSPS) is 20.2. The molecule has 1 amide bonds. The van der Waals surface area contributed by atoms with Gasteiger partial charge >= 0.3 is 0 Å². The first kappa shape index (κ1) is 17.2. The van der Waals surface area contributed by atoms with Gasteiger partial charge in [-0.1, -0.05) is 41.4 Å². The van der Waals surface area contributed by atoms with Gasteiger partial charge < -0.3 is 10.6 Å². The quantitative estimate of drug-likeness (QED) is 0.835. The van der Waals surface area contributed by atoms with E-state index in [1.807, 2.05) is 6.07 Å². The third-order valence-corrected chi connectivity index (χ3v) is 4.85. The molecule has 0 aromatic heterocycles. The Morgan fingerprint density at radius 2 is 1.88 bits per heavy atom. The number of amides is 1. The summed E-state index contributed by atoms with van der Waals surface area (Å²) in [5, 5.41) is 6.79. The van der Waals surface area contributed by atoms with E-state index in [1.165, 1.54) is 6.92 Å². The van der Waals surface area contributed by atoms with Crippen molar-refractivity contribution in [2.45, 2.75) is 18.8 Å². The average Bonchev–Trinajstić information content (AvgIpc) is 2.98. The van der Waals surface area contributed by atoms with Crippen molar-refractivity contribution < 1.29 is 9.18 Å². The van der Waals surface area contributed by atoms with Gasteiger partial charge in [-0.25, -0.2) is 4.39 Å². The van der Waals surface area contributed by atoms with Crippen molar-refractivity contribution in [1.29, 1.82) is 0 Å². The first-order valence-electron chi connectivity index (χ1n) is 7.69. The maximum Gasteiger partial charge on any atom is 0.221 e. The van der Waals surface area contributed by atoms with Gasteiger partial charge in [-0.3, -0.25) is 4.79 Å². The predicted molar refractivity (Wildman–Crippen MR) is 95.5 cm³/mol. The number of anilines is 1. The van der Waals surface area contributed by atoms with Crippen LogP contribution in [-0.2, 0) is 4.79 Å². The second-order valence-corrected chi connectivity index (χ2v) is 6.77. The largest absolute Gasteiger partial charge is 0.326 e. The Morgan fingerprint density at radius 1 is 1.17 bits per heavy atom. The van der Waals surface area contributed by atoms with Crippen LogP contribution in [0.1, 0.15) is 29.9 Å². The summed E-state index contributed by atoms with van der Waals surface area (Å²) in [6.07, 6.45) is 0. The van der Waals surface area contributed by atoms with Crippen LogP contribution in [0.5, 0.6) is 0 Å². The second-order valence-electron chi connectivity index (χ2n) is 5.93. The number of carbonyl (C=O) groups is 1. The van der Waals surface area contributed by atoms with Crippen LogP contribution < -0.4 is 10.6 Å². The number of benzene rings is 2. The molecule has 24 heavy (non-hydrogen) atoms. The minimum Gasteiger partial charge on any atom is -0.326 e. The van der Waals surface area contributed by atoms with Gasteiger partial charge in [0, 0.05) is 42.6 Å². The zero-order valence-corrected chi connectivity index (χ0v) is 14.6. The van der Waals surface area contributed by atoms with Crippen molar-refractivity contribution in [1.82, 2.24) is 5.32 Å². The molecule has 0 saturated carbocycles. The highest BCUT2D eigenvalue weighted by Gasteiger charge is 2.33. The van der Waals surface area contributed by atoms with Crippen LogP contribution in [0, 0.1) is 5.82 Å². The van der Waals surface area contributed by atoms with Gasteiger partial charge in [-0.05, 0) is 29.3 Å². The van der Waals surface area contributed by atoms with Gasteiger partial charge in [-0.2, -0.15) is 0 Å². The van der Waals surface area contributed by atoms with Gasteiger partial charge in [0.15, 0.2) is 0 Å². The fourth-order valence-electron chi connectivity index (χ4n) is 3.29. The molecule has 3 nitrogen and oxygen atoms in total. The Balaban J connectivity index is 2.02. The Hall–Kier alpha value is -1.62. The molecule has 0 bridgehead atoms. The zero-order valence-electron chi connectivity index (χ0n) is 13.1. The lowest BCUT2D eigenvalue weighted by atomic mass is 9.83. The van der Waals surface area contributed by atoms with Gasteiger partial charge in [0.25, 0.3) is 0 Å². The average molecular weight is 367 g/mol. The monoisotopic (exact) mass is 366 g/mol. The molecule has 0 aliphatic carbocycles. The lowest BCUT2D eigenvalue weighted by Gasteiger charge is -2.23. The second kappa shape index (κ2) is 7.09. The minimum atomic E-state index is -0.382. The molecule has 126 valence electrons. The first-order chi connectivity index (χ1) is 11.5. The third-order valence-electron chi connectivity index (χ3n) is 4.32. The molecule has 2 atom stereocenters. The summed E-state index contributed by atoms with van der Waals surface area (Å²) in [5.74, 6) is -0.614. The first-order valence-corrected chi connectivity index (χ1v) is 8.44. The Morgan fingerprint density at radius 3 is 2.58 bits per heavy atom. The number of carbonyl (C=O) groups excluding carboxylic acids is 1. The molecule has 2 aromatic carbocycles. The fraction of sp³-hybridized carbons (Fsp3) is 0.278. The number of nitrogens with one attached hydrogen (secondary N) is 2. The van der Waals surface area contributed by atoms with Crippen molar-refractivity contribution >= 4 is 34.8 Å². The SMILES string of the molecule is CC(=O)Nc1cc(Cl)ccc1C1CNCC1c1cccc(Cl)c1F. The lowest BCUT2D eigenvalue weighted by molar-refractivity contribution is -0.114. The summed E-state index contributed by atoms with van der Waals surface area (Å²) in [6.45, 7) is 2.78. The number of halogens is 3. The standard InChI is InChI=1S/C18H17Cl2FN2O/c1-10(24)23-17-7-11(19)5-6-12(17)14-8-22-9-15(14)13-3-2-4-16(20)18(13)21/h2-7,14-15,22H,8-9H2,1H3,(H,23,24). The topological polar surface area (TPSA) is 41.1 Å². The minimum absolute atomic E-state index is 0.0112. The van der Waals surface area contributed by atoms with Gasteiger partial charge in [0.05, 0.1) is 5.02 Å². The van der Waals surface area contributed by atoms with Crippen LogP contribution in [0.15, 0.2) is 36.4 Å². The summed E-state index contributed by atoms with van der Waals surface area (Å²) in [4.78, 5) is 11.5. The number of rotatable bonds is 3. The van der Waals surface area contributed by atoms with Crippen molar-refractivity contribution in [3.8, 4) is 0 Å². The smallest absolute Gasteiger partial charge is 0.221 e.